The zero-order valence-corrected chi connectivity index (χ0v) is 23.6. The first kappa shape index (κ1) is 28.3. The third kappa shape index (κ3) is 4.61. The number of benzene rings is 2. The number of aliphatic hydroxyl groups excluding tert-OH is 1. The molecule has 3 unspecified atom stereocenters. The number of carbonyl (C=O) groups is 3. The second-order valence-corrected chi connectivity index (χ2v) is 11.8. The van der Waals surface area contributed by atoms with Gasteiger partial charge in [-0.2, -0.15) is 0 Å². The molecule has 0 aliphatic carbocycles. The summed E-state index contributed by atoms with van der Waals surface area (Å²) in [6.07, 6.45) is 3.33. The van der Waals surface area contributed by atoms with Crippen LogP contribution in [0.3, 0.4) is 0 Å². The van der Waals surface area contributed by atoms with Crippen LogP contribution in [0.4, 0.5) is 0 Å². The van der Waals surface area contributed by atoms with Crippen molar-refractivity contribution in [3.05, 3.63) is 71.8 Å². The van der Waals surface area contributed by atoms with Crippen LogP contribution in [0.2, 0.25) is 0 Å². The quantitative estimate of drug-likeness (QED) is 0.374. The van der Waals surface area contributed by atoms with Crippen molar-refractivity contribution in [1.29, 1.82) is 0 Å². The molecule has 3 aliphatic rings. The minimum atomic E-state index is -1.16. The number of hydrogen-bond donors (Lipinski definition) is 3. The maximum Gasteiger partial charge on any atom is 0.245 e. The van der Waals surface area contributed by atoms with Crippen molar-refractivity contribution in [2.24, 2.45) is 17.8 Å². The smallest absolute Gasteiger partial charge is 0.245 e. The molecule has 0 aromatic heterocycles. The van der Waals surface area contributed by atoms with Gasteiger partial charge in [0.2, 0.25) is 17.7 Å². The van der Waals surface area contributed by atoms with Gasteiger partial charge in [-0.25, -0.2) is 0 Å². The number of unbranched alkanes of at least 4 members (excludes halogenated alkanes) is 2. The van der Waals surface area contributed by atoms with E-state index < -0.39 is 35.1 Å². The van der Waals surface area contributed by atoms with Crippen molar-refractivity contribution in [3.63, 3.8) is 0 Å². The van der Waals surface area contributed by atoms with Gasteiger partial charge in [-0.05, 0) is 36.8 Å². The molecular weight excluding hydrogens is 506 g/mol. The summed E-state index contributed by atoms with van der Waals surface area (Å²) in [5.74, 6) is -2.49. The van der Waals surface area contributed by atoms with Gasteiger partial charge in [0.05, 0.1) is 30.1 Å². The van der Waals surface area contributed by atoms with E-state index in [2.05, 4.69) is 17.6 Å². The Kier molecular flexibility index (Phi) is 8.02. The van der Waals surface area contributed by atoms with Crippen LogP contribution < -0.4 is 10.6 Å². The Morgan fingerprint density at radius 3 is 2.38 bits per heavy atom. The van der Waals surface area contributed by atoms with Crippen LogP contribution in [0.25, 0.3) is 0 Å². The lowest BCUT2D eigenvalue weighted by Crippen LogP contribution is -2.56. The van der Waals surface area contributed by atoms with E-state index in [9.17, 15) is 19.5 Å². The third-order valence-corrected chi connectivity index (χ3v) is 9.37. The molecule has 2 bridgehead atoms. The van der Waals surface area contributed by atoms with Crippen molar-refractivity contribution >= 4 is 17.7 Å². The zero-order valence-electron chi connectivity index (χ0n) is 23.6. The molecule has 0 saturated carbocycles. The number of fused-ring (bicyclic) bond motifs is 1. The molecule has 2 aromatic rings. The highest BCUT2D eigenvalue weighted by atomic mass is 16.5. The largest absolute Gasteiger partial charge is 0.394 e. The van der Waals surface area contributed by atoms with Gasteiger partial charge >= 0.3 is 0 Å². The van der Waals surface area contributed by atoms with E-state index in [4.69, 9.17) is 4.74 Å². The topological polar surface area (TPSA) is 108 Å². The molecule has 3 saturated heterocycles. The van der Waals surface area contributed by atoms with E-state index in [1.807, 2.05) is 74.5 Å². The van der Waals surface area contributed by atoms with Crippen LogP contribution in [-0.2, 0) is 25.7 Å². The number of nitrogens with one attached hydrogen (secondary N) is 2. The van der Waals surface area contributed by atoms with Crippen LogP contribution in [-0.4, -0.2) is 58.1 Å². The lowest BCUT2D eigenvalue weighted by molar-refractivity contribution is -0.151. The fourth-order valence-electron chi connectivity index (χ4n) is 7.32. The lowest BCUT2D eigenvalue weighted by atomic mass is 9.62. The SMILES string of the molecule is CCCCCNC(=O)C1N([C@H](CO)c2ccccc2)C(=O)[C@@H]2[C@H](C(=O)NCc3ccccc3)[C@@]3(C)OC12CC3C. The second kappa shape index (κ2) is 11.3. The number of likely N-dealkylation sites (tertiary alicyclic amines) is 1. The molecule has 2 aromatic carbocycles. The van der Waals surface area contributed by atoms with E-state index in [1.54, 1.807) is 0 Å². The number of ether oxygens (including phenoxy) is 1. The van der Waals surface area contributed by atoms with Gasteiger partial charge in [-0.3, -0.25) is 14.4 Å². The third-order valence-electron chi connectivity index (χ3n) is 9.37. The summed E-state index contributed by atoms with van der Waals surface area (Å²) in [5.41, 5.74) is -0.356. The molecule has 3 aliphatic heterocycles. The molecule has 0 radical (unpaired) electrons. The summed E-state index contributed by atoms with van der Waals surface area (Å²) in [6, 6.07) is 17.2. The van der Waals surface area contributed by atoms with Crippen molar-refractivity contribution in [2.75, 3.05) is 13.2 Å². The summed E-state index contributed by atoms with van der Waals surface area (Å²) in [5, 5.41) is 16.7. The number of nitrogens with zero attached hydrogens (tertiary/aromatic N) is 1. The molecule has 3 heterocycles. The standard InChI is InChI=1S/C32H41N3O5/c1-4-5-12-17-33-29(38)27-32-18-21(2)31(3,40-32)25(28(37)34-19-22-13-8-6-9-14-22)26(32)30(39)35(27)24(20-36)23-15-10-7-11-16-23/h6-11,13-16,21,24-27,36H,4-5,12,17-20H2,1-3H3,(H,33,38)(H,34,37)/t21?,24-,25-,26+,27?,31+,32?/m1/s1. The molecule has 8 heteroatoms. The summed E-state index contributed by atoms with van der Waals surface area (Å²) in [4.78, 5) is 43.8. The van der Waals surface area contributed by atoms with Crippen LogP contribution in [0.5, 0.6) is 0 Å². The van der Waals surface area contributed by atoms with Gasteiger partial charge in [0.1, 0.15) is 11.6 Å². The van der Waals surface area contributed by atoms with Crippen molar-refractivity contribution in [3.8, 4) is 0 Å². The molecule has 7 atom stereocenters. The molecule has 3 amide bonds. The maximum absolute atomic E-state index is 14.4. The number of aliphatic hydroxyl groups is 1. The van der Waals surface area contributed by atoms with Gasteiger partial charge in [0, 0.05) is 13.1 Å². The summed E-state index contributed by atoms with van der Waals surface area (Å²) >= 11 is 0. The van der Waals surface area contributed by atoms with Gasteiger partial charge in [0.15, 0.2) is 0 Å². The van der Waals surface area contributed by atoms with E-state index in [0.29, 0.717) is 19.5 Å². The predicted octanol–water partition coefficient (Wildman–Crippen LogP) is 3.35. The van der Waals surface area contributed by atoms with Crippen LogP contribution in [0.15, 0.2) is 60.7 Å². The average Bonchev–Trinajstić information content (AvgIpc) is 3.48. The molecule has 3 N–H and O–H groups in total. The summed E-state index contributed by atoms with van der Waals surface area (Å²) in [7, 11) is 0. The number of rotatable bonds is 11. The highest BCUT2D eigenvalue weighted by molar-refractivity contribution is 5.99. The zero-order chi connectivity index (χ0) is 28.5. The minimum absolute atomic E-state index is 0.0522. The molecule has 214 valence electrons. The fraction of sp³-hybridized carbons (Fsp3) is 0.531. The minimum Gasteiger partial charge on any atom is -0.394 e. The lowest BCUT2D eigenvalue weighted by Gasteiger charge is -2.37. The Morgan fingerprint density at radius 2 is 1.73 bits per heavy atom. The average molecular weight is 548 g/mol. The molecule has 3 fully saturated rings. The predicted molar refractivity (Wildman–Crippen MR) is 151 cm³/mol. The highest BCUT2D eigenvalue weighted by Gasteiger charge is 2.80. The van der Waals surface area contributed by atoms with Crippen LogP contribution in [0, 0.1) is 17.8 Å². The number of amides is 3. The number of carbonyl (C=O) groups excluding carboxylic acids is 3. The summed E-state index contributed by atoms with van der Waals surface area (Å²) < 4.78 is 6.80. The Bertz CT molecular complexity index is 1220. The van der Waals surface area contributed by atoms with Gasteiger partial charge < -0.3 is 25.4 Å². The molecule has 5 rings (SSSR count). The maximum atomic E-state index is 14.4. The first-order valence-electron chi connectivity index (χ1n) is 14.6. The fourth-order valence-corrected chi connectivity index (χ4v) is 7.32. The first-order chi connectivity index (χ1) is 19.3. The van der Waals surface area contributed by atoms with E-state index in [0.717, 1.165) is 30.4 Å². The van der Waals surface area contributed by atoms with E-state index in [1.165, 1.54) is 4.90 Å². The van der Waals surface area contributed by atoms with Crippen LogP contribution in [0.1, 0.15) is 63.6 Å². The second-order valence-electron chi connectivity index (χ2n) is 11.8. The van der Waals surface area contributed by atoms with E-state index in [-0.39, 0.29) is 30.2 Å². The molecule has 8 nitrogen and oxygen atoms in total. The van der Waals surface area contributed by atoms with Crippen LogP contribution >= 0.6 is 0 Å². The van der Waals surface area contributed by atoms with Crippen molar-refractivity contribution < 1.29 is 24.2 Å². The normalized spacial score (nSPS) is 31.2. The summed E-state index contributed by atoms with van der Waals surface area (Å²) in [6.45, 7) is 6.52. The highest BCUT2D eigenvalue weighted by Crippen LogP contribution is 2.65. The van der Waals surface area contributed by atoms with E-state index >= 15 is 0 Å². The van der Waals surface area contributed by atoms with Gasteiger partial charge in [-0.15, -0.1) is 0 Å². The molecule has 1 spiro atoms. The first-order valence-corrected chi connectivity index (χ1v) is 14.6. The van der Waals surface area contributed by atoms with Crippen molar-refractivity contribution in [1.82, 2.24) is 15.5 Å². The molecule has 40 heavy (non-hydrogen) atoms. The Labute approximate surface area is 236 Å². The van der Waals surface area contributed by atoms with Crippen molar-refractivity contribution in [2.45, 2.75) is 76.3 Å². The Hall–Kier alpha value is -3.23. The molecular formula is C32H41N3O5. The van der Waals surface area contributed by atoms with Gasteiger partial charge in [0.25, 0.3) is 0 Å². The monoisotopic (exact) mass is 547 g/mol. The number of hydrogen-bond acceptors (Lipinski definition) is 5. The Morgan fingerprint density at radius 1 is 1.05 bits per heavy atom. The van der Waals surface area contributed by atoms with Gasteiger partial charge in [-0.1, -0.05) is 87.4 Å². The Balaban J connectivity index is 1.52.